The van der Waals surface area contributed by atoms with Crippen molar-refractivity contribution >= 4 is 39.3 Å². The zero-order valence-corrected chi connectivity index (χ0v) is 20.8. The van der Waals surface area contributed by atoms with Crippen molar-refractivity contribution in [3.8, 4) is 0 Å². The molecular formula is C26H25BrClNO4. The number of hydrogen-bond acceptors (Lipinski definition) is 5. The maximum absolute atomic E-state index is 13.5. The van der Waals surface area contributed by atoms with E-state index in [0.717, 1.165) is 21.3 Å². The Kier molecular flexibility index (Phi) is 7.37. The first-order chi connectivity index (χ1) is 15.9. The zero-order valence-electron chi connectivity index (χ0n) is 18.5. The van der Waals surface area contributed by atoms with Gasteiger partial charge in [-0.3, -0.25) is 4.79 Å². The molecule has 2 aromatic carbocycles. The first-order valence-corrected chi connectivity index (χ1v) is 12.0. The lowest BCUT2D eigenvalue weighted by atomic mass is 9.72. The summed E-state index contributed by atoms with van der Waals surface area (Å²) in [5, 5.41) is 4.03. The normalized spacial score (nSPS) is 20.4. The second kappa shape index (κ2) is 10.2. The Morgan fingerprint density at radius 3 is 2.39 bits per heavy atom. The number of Topliss-reactive ketones (excluding diaryl/α,β-unsaturated/α-hetero) is 1. The highest BCUT2D eigenvalue weighted by Gasteiger charge is 2.41. The van der Waals surface area contributed by atoms with Crippen molar-refractivity contribution in [1.82, 2.24) is 5.32 Å². The number of ether oxygens (including phenoxy) is 2. The van der Waals surface area contributed by atoms with Crippen molar-refractivity contribution in [2.75, 3.05) is 20.3 Å². The number of ketones is 1. The second-order valence-corrected chi connectivity index (χ2v) is 9.60. The lowest BCUT2D eigenvalue weighted by molar-refractivity contribution is -0.140. The Bertz CT molecular complexity index is 1120. The summed E-state index contributed by atoms with van der Waals surface area (Å²) in [6.45, 7) is 2.32. The van der Waals surface area contributed by atoms with E-state index >= 15 is 0 Å². The molecule has 2 aliphatic rings. The van der Waals surface area contributed by atoms with Crippen LogP contribution in [0, 0.1) is 0 Å². The molecule has 2 aromatic rings. The SMILES string of the molecule is COCCOC(=O)C1=C(C)NC2=C(C(=O)CC(c3ccc(Cl)cc3)C2)C1c1ccc(Br)cc1. The molecule has 1 N–H and O–H groups in total. The monoisotopic (exact) mass is 529 g/mol. The van der Waals surface area contributed by atoms with Gasteiger partial charge in [0.2, 0.25) is 0 Å². The van der Waals surface area contributed by atoms with Gasteiger partial charge in [0, 0.05) is 45.9 Å². The Morgan fingerprint density at radius 1 is 1.06 bits per heavy atom. The Hall–Kier alpha value is -2.41. The Labute approximate surface area is 206 Å². The molecule has 0 radical (unpaired) electrons. The molecule has 7 heteroatoms. The van der Waals surface area contributed by atoms with Gasteiger partial charge in [0.1, 0.15) is 6.61 Å². The van der Waals surface area contributed by atoms with E-state index in [9.17, 15) is 9.59 Å². The van der Waals surface area contributed by atoms with Crippen molar-refractivity contribution in [2.45, 2.75) is 31.6 Å². The van der Waals surface area contributed by atoms with Crippen molar-refractivity contribution in [3.05, 3.63) is 91.7 Å². The molecule has 2 atom stereocenters. The number of methoxy groups -OCH3 is 1. The molecule has 2 unspecified atom stereocenters. The van der Waals surface area contributed by atoms with E-state index in [2.05, 4.69) is 21.2 Å². The number of halogens is 2. The maximum atomic E-state index is 13.5. The molecule has 1 aliphatic heterocycles. The number of rotatable bonds is 6. The number of carbonyl (C=O) groups is 2. The molecular weight excluding hydrogens is 506 g/mol. The van der Waals surface area contributed by atoms with Crippen LogP contribution in [-0.2, 0) is 19.1 Å². The van der Waals surface area contributed by atoms with E-state index in [4.69, 9.17) is 21.1 Å². The summed E-state index contributed by atoms with van der Waals surface area (Å²) in [7, 11) is 1.56. The summed E-state index contributed by atoms with van der Waals surface area (Å²) in [4.78, 5) is 26.6. The van der Waals surface area contributed by atoms with Crippen LogP contribution in [0.3, 0.4) is 0 Å². The van der Waals surface area contributed by atoms with Gasteiger partial charge in [-0.15, -0.1) is 0 Å². The van der Waals surface area contributed by atoms with Gasteiger partial charge in [-0.05, 0) is 54.7 Å². The second-order valence-electron chi connectivity index (χ2n) is 8.25. The topological polar surface area (TPSA) is 64.6 Å². The molecule has 172 valence electrons. The van der Waals surface area contributed by atoms with Crippen LogP contribution < -0.4 is 5.32 Å². The van der Waals surface area contributed by atoms with Crippen molar-refractivity contribution in [1.29, 1.82) is 0 Å². The molecule has 0 amide bonds. The molecule has 0 fully saturated rings. The number of esters is 1. The van der Waals surface area contributed by atoms with Gasteiger partial charge in [0.25, 0.3) is 0 Å². The summed E-state index contributed by atoms with van der Waals surface area (Å²) < 4.78 is 11.4. The summed E-state index contributed by atoms with van der Waals surface area (Å²) in [5.41, 5.74) is 4.63. The van der Waals surface area contributed by atoms with Crippen LogP contribution in [-0.4, -0.2) is 32.1 Å². The molecule has 1 aliphatic carbocycles. The molecule has 0 aromatic heterocycles. The highest BCUT2D eigenvalue weighted by Crippen LogP contribution is 2.45. The van der Waals surface area contributed by atoms with Crippen LogP contribution >= 0.6 is 27.5 Å². The van der Waals surface area contributed by atoms with Crippen LogP contribution in [0.4, 0.5) is 0 Å². The Balaban J connectivity index is 1.73. The van der Waals surface area contributed by atoms with Gasteiger partial charge in [-0.1, -0.05) is 51.8 Å². The van der Waals surface area contributed by atoms with Crippen molar-refractivity contribution in [3.63, 3.8) is 0 Å². The smallest absolute Gasteiger partial charge is 0.336 e. The summed E-state index contributed by atoms with van der Waals surface area (Å²) >= 11 is 9.52. The first kappa shape index (κ1) is 23.7. The first-order valence-electron chi connectivity index (χ1n) is 10.8. The molecule has 5 nitrogen and oxygen atoms in total. The van der Waals surface area contributed by atoms with E-state index in [1.165, 1.54) is 0 Å². The molecule has 0 saturated carbocycles. The predicted octanol–water partition coefficient (Wildman–Crippen LogP) is 5.65. The van der Waals surface area contributed by atoms with E-state index in [0.29, 0.717) is 41.3 Å². The summed E-state index contributed by atoms with van der Waals surface area (Å²) in [6.07, 6.45) is 1.05. The van der Waals surface area contributed by atoms with E-state index in [-0.39, 0.29) is 18.3 Å². The minimum Gasteiger partial charge on any atom is -0.460 e. The highest BCUT2D eigenvalue weighted by molar-refractivity contribution is 9.10. The number of carbonyl (C=O) groups excluding carboxylic acids is 2. The van der Waals surface area contributed by atoms with Gasteiger partial charge in [0.15, 0.2) is 5.78 Å². The molecule has 4 rings (SSSR count). The van der Waals surface area contributed by atoms with Crippen LogP contribution in [0.2, 0.25) is 5.02 Å². The average molecular weight is 531 g/mol. The standard InChI is InChI=1S/C26H25BrClNO4/c1-15-23(26(31)33-12-11-32-2)24(17-3-7-19(27)8-4-17)25-21(29-15)13-18(14-22(25)30)16-5-9-20(28)10-6-16/h3-10,18,24,29H,11-14H2,1-2H3. The number of hydrogen-bond donors (Lipinski definition) is 1. The number of nitrogens with one attached hydrogen (secondary N) is 1. The summed E-state index contributed by atoms with van der Waals surface area (Å²) in [6, 6.07) is 15.4. The number of dihydropyridines is 1. The van der Waals surface area contributed by atoms with Crippen LogP contribution in [0.15, 0.2) is 75.5 Å². The van der Waals surface area contributed by atoms with Crippen LogP contribution in [0.1, 0.15) is 42.7 Å². The molecule has 0 saturated heterocycles. The van der Waals surface area contributed by atoms with E-state index in [1.807, 2.05) is 55.5 Å². The largest absolute Gasteiger partial charge is 0.460 e. The predicted molar refractivity (Wildman–Crippen MR) is 131 cm³/mol. The van der Waals surface area contributed by atoms with Crippen molar-refractivity contribution < 1.29 is 19.1 Å². The zero-order chi connectivity index (χ0) is 23.5. The van der Waals surface area contributed by atoms with Gasteiger partial charge < -0.3 is 14.8 Å². The van der Waals surface area contributed by atoms with Crippen LogP contribution in [0.5, 0.6) is 0 Å². The van der Waals surface area contributed by atoms with E-state index < -0.39 is 11.9 Å². The lowest BCUT2D eigenvalue weighted by Gasteiger charge is -2.36. The van der Waals surface area contributed by atoms with Gasteiger partial charge in [-0.25, -0.2) is 4.79 Å². The van der Waals surface area contributed by atoms with E-state index in [1.54, 1.807) is 7.11 Å². The minimum atomic E-state index is -0.483. The third kappa shape index (κ3) is 5.08. The minimum absolute atomic E-state index is 0.0336. The van der Waals surface area contributed by atoms with Gasteiger partial charge in [-0.2, -0.15) is 0 Å². The summed E-state index contributed by atoms with van der Waals surface area (Å²) in [5.74, 6) is -0.840. The maximum Gasteiger partial charge on any atom is 0.336 e. The van der Waals surface area contributed by atoms with Gasteiger partial charge in [0.05, 0.1) is 12.2 Å². The highest BCUT2D eigenvalue weighted by atomic mass is 79.9. The number of allylic oxidation sites excluding steroid dienone is 3. The Morgan fingerprint density at radius 2 is 1.73 bits per heavy atom. The molecule has 1 heterocycles. The number of benzene rings is 2. The lowest BCUT2D eigenvalue weighted by Crippen LogP contribution is -2.36. The van der Waals surface area contributed by atoms with Crippen LogP contribution in [0.25, 0.3) is 0 Å². The molecule has 0 spiro atoms. The van der Waals surface area contributed by atoms with Crippen molar-refractivity contribution in [2.24, 2.45) is 0 Å². The fourth-order valence-corrected chi connectivity index (χ4v) is 4.95. The fourth-order valence-electron chi connectivity index (χ4n) is 4.56. The average Bonchev–Trinajstić information content (AvgIpc) is 2.79. The fraction of sp³-hybridized carbons (Fsp3) is 0.308. The quantitative estimate of drug-likeness (QED) is 0.386. The molecule has 33 heavy (non-hydrogen) atoms. The third-order valence-corrected chi connectivity index (χ3v) is 6.89. The third-order valence-electron chi connectivity index (χ3n) is 6.11. The van der Waals surface area contributed by atoms with Gasteiger partial charge >= 0.3 is 5.97 Å². The molecule has 0 bridgehead atoms.